The average molecular weight is 226 g/mol. The Morgan fingerprint density at radius 1 is 1.33 bits per heavy atom. The van der Waals surface area contributed by atoms with Gasteiger partial charge in [0.2, 0.25) is 0 Å². The number of hydrogen-bond donors (Lipinski definition) is 0. The van der Waals surface area contributed by atoms with Crippen molar-refractivity contribution in [3.05, 3.63) is 11.8 Å². The van der Waals surface area contributed by atoms with Crippen LogP contribution in [0.4, 0.5) is 0 Å². The van der Waals surface area contributed by atoms with Gasteiger partial charge in [0.25, 0.3) is 8.32 Å². The zero-order valence-corrected chi connectivity index (χ0v) is 11.5. The molecule has 0 radical (unpaired) electrons. The Balaban J connectivity index is 2.77. The van der Waals surface area contributed by atoms with E-state index >= 15 is 0 Å². The van der Waals surface area contributed by atoms with Crippen LogP contribution in [-0.4, -0.2) is 14.1 Å². The van der Waals surface area contributed by atoms with Crippen LogP contribution in [0, 0.1) is 0 Å². The van der Waals surface area contributed by atoms with Gasteiger partial charge < -0.3 is 4.43 Å². The van der Waals surface area contributed by atoms with Crippen LogP contribution in [0.5, 0.6) is 0 Å². The van der Waals surface area contributed by atoms with Gasteiger partial charge in [0.05, 0.1) is 0 Å². The van der Waals surface area contributed by atoms with Crippen molar-refractivity contribution in [1.82, 2.24) is 0 Å². The fourth-order valence-corrected chi connectivity index (χ4v) is 2.31. The number of ketones is 1. The third-order valence-corrected chi connectivity index (χ3v) is 7.73. The van der Waals surface area contributed by atoms with Crippen LogP contribution in [0.3, 0.4) is 0 Å². The molecule has 0 heterocycles. The first-order chi connectivity index (χ1) is 6.74. The molecule has 0 fully saturated rings. The maximum atomic E-state index is 11.6. The van der Waals surface area contributed by atoms with Gasteiger partial charge in [-0.25, -0.2) is 0 Å². The van der Waals surface area contributed by atoms with Gasteiger partial charge in [0, 0.05) is 6.42 Å². The molecule has 1 rings (SSSR count). The second-order valence-corrected chi connectivity index (χ2v) is 10.5. The van der Waals surface area contributed by atoms with E-state index in [1.165, 1.54) is 0 Å². The minimum Gasteiger partial charge on any atom is -0.541 e. The molecular formula is C12H22O2Si. The maximum absolute atomic E-state index is 11.6. The lowest BCUT2D eigenvalue weighted by Crippen LogP contribution is -2.41. The first kappa shape index (κ1) is 12.5. The summed E-state index contributed by atoms with van der Waals surface area (Å²) in [6.45, 7) is 10.9. The van der Waals surface area contributed by atoms with E-state index in [0.717, 1.165) is 12.8 Å². The molecule has 1 aliphatic carbocycles. The van der Waals surface area contributed by atoms with E-state index in [1.807, 2.05) is 6.08 Å². The number of carbonyl (C=O) groups excluding carboxylic acids is 1. The largest absolute Gasteiger partial charge is 0.541 e. The van der Waals surface area contributed by atoms with Crippen molar-refractivity contribution in [3.63, 3.8) is 0 Å². The minimum absolute atomic E-state index is 0.158. The van der Waals surface area contributed by atoms with Crippen LogP contribution in [0.1, 0.15) is 40.0 Å². The predicted molar refractivity (Wildman–Crippen MR) is 65.2 cm³/mol. The SMILES string of the molecule is CC(C)(C)[Si](C)(C)OC1=CCCCC1=O. The molecule has 2 nitrogen and oxygen atoms in total. The molecule has 0 bridgehead atoms. The summed E-state index contributed by atoms with van der Waals surface area (Å²) in [5.41, 5.74) is 0. The Bertz CT molecular complexity index is 284. The van der Waals surface area contributed by atoms with E-state index in [4.69, 9.17) is 4.43 Å². The van der Waals surface area contributed by atoms with Gasteiger partial charge in [-0.05, 0) is 37.0 Å². The Hall–Kier alpha value is -0.573. The monoisotopic (exact) mass is 226 g/mol. The molecule has 1 aliphatic rings. The van der Waals surface area contributed by atoms with Crippen LogP contribution < -0.4 is 0 Å². The minimum atomic E-state index is -1.82. The molecule has 0 atom stereocenters. The maximum Gasteiger partial charge on any atom is 0.250 e. The van der Waals surface area contributed by atoms with Crippen LogP contribution in [0.2, 0.25) is 18.1 Å². The number of rotatable bonds is 2. The third kappa shape index (κ3) is 2.94. The normalized spacial score (nSPS) is 18.7. The smallest absolute Gasteiger partial charge is 0.250 e. The molecule has 0 aliphatic heterocycles. The zero-order chi connectivity index (χ0) is 11.7. The van der Waals surface area contributed by atoms with Crippen LogP contribution in [-0.2, 0) is 9.22 Å². The number of allylic oxidation sites excluding steroid dienone is 2. The van der Waals surface area contributed by atoms with Gasteiger partial charge in [-0.1, -0.05) is 20.8 Å². The Morgan fingerprint density at radius 2 is 1.93 bits per heavy atom. The van der Waals surface area contributed by atoms with Crippen molar-refractivity contribution in [3.8, 4) is 0 Å². The van der Waals surface area contributed by atoms with Gasteiger partial charge >= 0.3 is 0 Å². The second kappa shape index (κ2) is 4.12. The summed E-state index contributed by atoms with van der Waals surface area (Å²) in [6.07, 6.45) is 4.58. The molecule has 3 heteroatoms. The van der Waals surface area contributed by atoms with E-state index in [1.54, 1.807) is 0 Å². The van der Waals surface area contributed by atoms with Gasteiger partial charge in [-0.3, -0.25) is 4.79 Å². The number of Topliss-reactive ketones (excluding diaryl/α,β-unsaturated/α-hetero) is 1. The van der Waals surface area contributed by atoms with Gasteiger partial charge in [0.1, 0.15) is 5.76 Å². The standard InChI is InChI=1S/C12H22O2Si/c1-12(2,3)15(4,5)14-11-9-7-6-8-10(11)13/h9H,6-8H2,1-5H3. The summed E-state index contributed by atoms with van der Waals surface area (Å²) in [5.74, 6) is 0.818. The summed E-state index contributed by atoms with van der Waals surface area (Å²) in [5, 5.41) is 0.158. The third-order valence-electron chi connectivity index (χ3n) is 3.38. The lowest BCUT2D eigenvalue weighted by atomic mass is 10.1. The molecular weight excluding hydrogens is 204 g/mol. The summed E-state index contributed by atoms with van der Waals surface area (Å²) in [4.78, 5) is 11.6. The Morgan fingerprint density at radius 3 is 2.40 bits per heavy atom. The summed E-state index contributed by atoms with van der Waals surface area (Å²) < 4.78 is 6.01. The van der Waals surface area contributed by atoms with E-state index < -0.39 is 8.32 Å². The lowest BCUT2D eigenvalue weighted by molar-refractivity contribution is -0.118. The van der Waals surface area contributed by atoms with Gasteiger partial charge in [-0.2, -0.15) is 0 Å². The Labute approximate surface area is 93.8 Å². The van der Waals surface area contributed by atoms with E-state index in [0.29, 0.717) is 12.2 Å². The molecule has 0 N–H and O–H groups in total. The van der Waals surface area contributed by atoms with E-state index in [2.05, 4.69) is 33.9 Å². The Kier molecular flexibility index (Phi) is 3.43. The van der Waals surface area contributed by atoms with E-state index in [9.17, 15) is 4.79 Å². The second-order valence-electron chi connectivity index (χ2n) is 5.75. The quantitative estimate of drug-likeness (QED) is 0.672. The average Bonchev–Trinajstić information content (AvgIpc) is 2.06. The fourth-order valence-electron chi connectivity index (χ4n) is 1.26. The molecule has 0 aromatic heterocycles. The molecule has 15 heavy (non-hydrogen) atoms. The molecule has 0 saturated carbocycles. The van der Waals surface area contributed by atoms with Gasteiger partial charge in [0.15, 0.2) is 5.78 Å². The molecule has 86 valence electrons. The number of carbonyl (C=O) groups is 1. The van der Waals surface area contributed by atoms with E-state index in [-0.39, 0.29) is 10.8 Å². The van der Waals surface area contributed by atoms with Gasteiger partial charge in [-0.15, -0.1) is 0 Å². The highest BCUT2D eigenvalue weighted by Gasteiger charge is 2.40. The van der Waals surface area contributed by atoms with Crippen molar-refractivity contribution >= 4 is 14.1 Å². The molecule has 0 spiro atoms. The van der Waals surface area contributed by atoms with Crippen molar-refractivity contribution < 1.29 is 9.22 Å². The first-order valence-corrected chi connectivity index (χ1v) is 8.57. The van der Waals surface area contributed by atoms with Crippen LogP contribution in [0.15, 0.2) is 11.8 Å². The van der Waals surface area contributed by atoms with Crippen molar-refractivity contribution in [2.45, 2.75) is 58.2 Å². The highest BCUT2D eigenvalue weighted by Crippen LogP contribution is 2.38. The first-order valence-electron chi connectivity index (χ1n) is 5.66. The summed E-state index contributed by atoms with van der Waals surface area (Å²) in [6, 6.07) is 0. The molecule has 0 amide bonds. The fraction of sp³-hybridized carbons (Fsp3) is 0.750. The topological polar surface area (TPSA) is 26.3 Å². The van der Waals surface area contributed by atoms with Crippen LogP contribution in [0.25, 0.3) is 0 Å². The van der Waals surface area contributed by atoms with Crippen molar-refractivity contribution in [2.24, 2.45) is 0 Å². The molecule has 0 aromatic rings. The van der Waals surface area contributed by atoms with Crippen LogP contribution >= 0.6 is 0 Å². The highest BCUT2D eigenvalue weighted by molar-refractivity contribution is 6.74. The lowest BCUT2D eigenvalue weighted by Gasteiger charge is -2.37. The zero-order valence-electron chi connectivity index (χ0n) is 10.5. The summed E-state index contributed by atoms with van der Waals surface area (Å²) in [7, 11) is -1.82. The number of hydrogen-bond acceptors (Lipinski definition) is 2. The highest BCUT2D eigenvalue weighted by atomic mass is 28.4. The predicted octanol–water partition coefficient (Wildman–Crippen LogP) is 3.65. The molecule has 0 unspecified atom stereocenters. The molecule has 0 aromatic carbocycles. The molecule has 0 saturated heterocycles. The van der Waals surface area contributed by atoms with Crippen molar-refractivity contribution in [2.75, 3.05) is 0 Å². The summed E-state index contributed by atoms with van der Waals surface area (Å²) >= 11 is 0. The van der Waals surface area contributed by atoms with Crippen molar-refractivity contribution in [1.29, 1.82) is 0 Å².